The summed E-state index contributed by atoms with van der Waals surface area (Å²) in [5, 5.41) is 11.9. The lowest BCUT2D eigenvalue weighted by Gasteiger charge is -2.08. The van der Waals surface area contributed by atoms with E-state index in [9.17, 15) is 0 Å². The summed E-state index contributed by atoms with van der Waals surface area (Å²) in [6.07, 6.45) is 1.65. The number of nitrogens with two attached hydrogens (primary N) is 1. The van der Waals surface area contributed by atoms with Crippen molar-refractivity contribution in [2.75, 3.05) is 11.1 Å². The van der Waals surface area contributed by atoms with Crippen LogP contribution in [0.25, 0.3) is 0 Å². The topological polar surface area (TPSA) is 74.7 Å². The van der Waals surface area contributed by atoms with Gasteiger partial charge in [-0.05, 0) is 46.3 Å². The van der Waals surface area contributed by atoms with Crippen molar-refractivity contribution in [1.82, 2.24) is 4.98 Å². The van der Waals surface area contributed by atoms with Crippen molar-refractivity contribution in [2.24, 2.45) is 0 Å². The second-order valence-corrected chi connectivity index (χ2v) is 4.26. The van der Waals surface area contributed by atoms with Crippen molar-refractivity contribution in [1.29, 1.82) is 5.26 Å². The first-order chi connectivity index (χ1) is 8.19. The summed E-state index contributed by atoms with van der Waals surface area (Å²) in [5.74, 6) is 0.481. The molecule has 17 heavy (non-hydrogen) atoms. The van der Waals surface area contributed by atoms with E-state index in [2.05, 4.69) is 32.3 Å². The van der Waals surface area contributed by atoms with E-state index >= 15 is 0 Å². The van der Waals surface area contributed by atoms with Crippen LogP contribution in [0.4, 0.5) is 17.2 Å². The Morgan fingerprint density at radius 2 is 2.12 bits per heavy atom. The Morgan fingerprint density at radius 1 is 1.29 bits per heavy atom. The van der Waals surface area contributed by atoms with E-state index < -0.39 is 0 Å². The van der Waals surface area contributed by atoms with E-state index in [0.29, 0.717) is 11.4 Å². The molecule has 0 radical (unpaired) electrons. The summed E-state index contributed by atoms with van der Waals surface area (Å²) >= 11 is 3.40. The zero-order valence-electron chi connectivity index (χ0n) is 8.81. The Hall–Kier alpha value is -2.06. The van der Waals surface area contributed by atoms with Gasteiger partial charge in [-0.15, -0.1) is 0 Å². The molecule has 0 aliphatic heterocycles. The van der Waals surface area contributed by atoms with Gasteiger partial charge in [-0.3, -0.25) is 0 Å². The predicted molar refractivity (Wildman–Crippen MR) is 70.8 cm³/mol. The molecule has 0 unspecified atom stereocenters. The molecule has 3 N–H and O–H groups in total. The number of rotatable bonds is 2. The van der Waals surface area contributed by atoms with E-state index in [-0.39, 0.29) is 0 Å². The van der Waals surface area contributed by atoms with E-state index in [1.165, 1.54) is 0 Å². The second kappa shape index (κ2) is 4.85. The lowest BCUT2D eigenvalue weighted by atomic mass is 10.2. The molecule has 0 amide bonds. The van der Waals surface area contributed by atoms with Crippen LogP contribution in [0.15, 0.2) is 41.0 Å². The Labute approximate surface area is 107 Å². The Morgan fingerprint density at radius 3 is 2.71 bits per heavy atom. The standard InChI is InChI=1S/C12H9BrN4/c13-10-5-8(6-14)1-3-11(10)17-9-2-4-12(15)16-7-9/h1-5,7,17H,(H2,15,16). The number of hydrogen-bond acceptors (Lipinski definition) is 4. The van der Waals surface area contributed by atoms with E-state index in [0.717, 1.165) is 15.8 Å². The highest BCUT2D eigenvalue weighted by molar-refractivity contribution is 9.10. The van der Waals surface area contributed by atoms with Crippen LogP contribution < -0.4 is 11.1 Å². The molecule has 0 fully saturated rings. The SMILES string of the molecule is N#Cc1ccc(Nc2ccc(N)nc2)c(Br)c1. The predicted octanol–water partition coefficient (Wildman–Crippen LogP) is 3.04. The minimum absolute atomic E-state index is 0.481. The summed E-state index contributed by atoms with van der Waals surface area (Å²) in [5.41, 5.74) is 7.82. The number of hydrogen-bond donors (Lipinski definition) is 2. The number of pyridine rings is 1. The van der Waals surface area contributed by atoms with Gasteiger partial charge in [0.2, 0.25) is 0 Å². The Kier molecular flexibility index (Phi) is 3.26. The van der Waals surface area contributed by atoms with Crippen LogP contribution in [0.1, 0.15) is 5.56 Å². The number of nitrogen functional groups attached to an aromatic ring is 1. The minimum Gasteiger partial charge on any atom is -0.384 e. The number of nitrogens with one attached hydrogen (secondary N) is 1. The van der Waals surface area contributed by atoms with Crippen LogP contribution >= 0.6 is 15.9 Å². The van der Waals surface area contributed by atoms with Crippen LogP contribution in [-0.2, 0) is 0 Å². The number of nitriles is 1. The van der Waals surface area contributed by atoms with E-state index in [1.807, 2.05) is 12.1 Å². The van der Waals surface area contributed by atoms with Crippen LogP contribution in [0.2, 0.25) is 0 Å². The summed E-state index contributed by atoms with van der Waals surface area (Å²) in [4.78, 5) is 3.99. The second-order valence-electron chi connectivity index (χ2n) is 3.40. The fraction of sp³-hybridized carbons (Fsp3) is 0. The molecule has 1 aromatic heterocycles. The molecule has 2 aromatic rings. The van der Waals surface area contributed by atoms with E-state index in [1.54, 1.807) is 24.4 Å². The van der Waals surface area contributed by atoms with E-state index in [4.69, 9.17) is 11.0 Å². The molecule has 0 aliphatic rings. The van der Waals surface area contributed by atoms with Gasteiger partial charge in [0.05, 0.1) is 29.2 Å². The third-order valence-electron chi connectivity index (χ3n) is 2.16. The molecule has 0 atom stereocenters. The molecule has 0 saturated heterocycles. The number of anilines is 3. The number of halogens is 1. The zero-order valence-corrected chi connectivity index (χ0v) is 10.4. The van der Waals surface area contributed by atoms with Crippen molar-refractivity contribution >= 4 is 33.1 Å². The molecule has 0 spiro atoms. The normalized spacial score (nSPS) is 9.65. The molecule has 84 valence electrons. The lowest BCUT2D eigenvalue weighted by molar-refractivity contribution is 1.33. The monoisotopic (exact) mass is 288 g/mol. The lowest BCUT2D eigenvalue weighted by Crippen LogP contribution is -1.94. The van der Waals surface area contributed by atoms with Crippen LogP contribution in [0.5, 0.6) is 0 Å². The number of aromatic nitrogens is 1. The molecule has 0 bridgehead atoms. The highest BCUT2D eigenvalue weighted by atomic mass is 79.9. The average Bonchev–Trinajstić information content (AvgIpc) is 2.34. The molecule has 1 heterocycles. The maximum absolute atomic E-state index is 8.76. The fourth-order valence-electron chi connectivity index (χ4n) is 1.32. The third-order valence-corrected chi connectivity index (χ3v) is 2.82. The minimum atomic E-state index is 0.481. The van der Waals surface area contributed by atoms with Crippen LogP contribution in [0, 0.1) is 11.3 Å². The molecular weight excluding hydrogens is 280 g/mol. The highest BCUT2D eigenvalue weighted by Gasteiger charge is 2.02. The maximum Gasteiger partial charge on any atom is 0.123 e. The molecular formula is C12H9BrN4. The largest absolute Gasteiger partial charge is 0.384 e. The Bertz CT molecular complexity index is 572. The summed E-state index contributed by atoms with van der Waals surface area (Å²) in [7, 11) is 0. The molecule has 0 saturated carbocycles. The quantitative estimate of drug-likeness (QED) is 0.891. The van der Waals surface area contributed by atoms with Crippen molar-refractivity contribution < 1.29 is 0 Å². The van der Waals surface area contributed by atoms with Gasteiger partial charge in [-0.2, -0.15) is 5.26 Å². The summed E-state index contributed by atoms with van der Waals surface area (Å²) in [6, 6.07) is 11.0. The molecule has 4 nitrogen and oxygen atoms in total. The third kappa shape index (κ3) is 2.74. The van der Waals surface area contributed by atoms with Gasteiger partial charge in [0, 0.05) is 4.47 Å². The maximum atomic E-state index is 8.76. The van der Waals surface area contributed by atoms with Gasteiger partial charge in [-0.1, -0.05) is 0 Å². The van der Waals surface area contributed by atoms with Gasteiger partial charge >= 0.3 is 0 Å². The first-order valence-corrected chi connectivity index (χ1v) is 5.66. The van der Waals surface area contributed by atoms with Crippen molar-refractivity contribution in [3.8, 4) is 6.07 Å². The van der Waals surface area contributed by atoms with Crippen LogP contribution in [0.3, 0.4) is 0 Å². The molecule has 5 heteroatoms. The van der Waals surface area contributed by atoms with Crippen molar-refractivity contribution in [3.05, 3.63) is 46.6 Å². The van der Waals surface area contributed by atoms with Gasteiger partial charge < -0.3 is 11.1 Å². The first kappa shape index (κ1) is 11.4. The van der Waals surface area contributed by atoms with Gasteiger partial charge in [0.1, 0.15) is 5.82 Å². The van der Waals surface area contributed by atoms with Crippen molar-refractivity contribution in [3.63, 3.8) is 0 Å². The first-order valence-electron chi connectivity index (χ1n) is 4.87. The smallest absolute Gasteiger partial charge is 0.123 e. The number of benzene rings is 1. The zero-order chi connectivity index (χ0) is 12.3. The summed E-state index contributed by atoms with van der Waals surface area (Å²) < 4.78 is 0.827. The van der Waals surface area contributed by atoms with Gasteiger partial charge in [-0.25, -0.2) is 4.98 Å². The molecule has 0 aliphatic carbocycles. The highest BCUT2D eigenvalue weighted by Crippen LogP contribution is 2.26. The fourth-order valence-corrected chi connectivity index (χ4v) is 1.80. The van der Waals surface area contributed by atoms with Gasteiger partial charge in [0.15, 0.2) is 0 Å². The Balaban J connectivity index is 2.25. The molecule has 2 rings (SSSR count). The van der Waals surface area contributed by atoms with Gasteiger partial charge in [0.25, 0.3) is 0 Å². The average molecular weight is 289 g/mol. The van der Waals surface area contributed by atoms with Crippen molar-refractivity contribution in [2.45, 2.75) is 0 Å². The van der Waals surface area contributed by atoms with Crippen LogP contribution in [-0.4, -0.2) is 4.98 Å². The number of nitrogens with zero attached hydrogens (tertiary/aromatic N) is 2. The summed E-state index contributed by atoms with van der Waals surface area (Å²) in [6.45, 7) is 0. The molecule has 1 aromatic carbocycles.